The number of benzene rings is 2. The lowest BCUT2D eigenvalue weighted by Gasteiger charge is -2.29. The molecule has 0 bridgehead atoms. The summed E-state index contributed by atoms with van der Waals surface area (Å²) in [5, 5.41) is 0.559. The smallest absolute Gasteiger partial charge is 0.229 e. The molecule has 33 heavy (non-hydrogen) atoms. The summed E-state index contributed by atoms with van der Waals surface area (Å²) in [5.74, 6) is -1.16. The molecule has 1 aromatic heterocycles. The van der Waals surface area contributed by atoms with Crippen molar-refractivity contribution in [3.63, 3.8) is 0 Å². The Labute approximate surface area is 202 Å². The summed E-state index contributed by atoms with van der Waals surface area (Å²) in [5.41, 5.74) is 0.801. The van der Waals surface area contributed by atoms with Crippen LogP contribution in [0.2, 0.25) is 0 Å². The second kappa shape index (κ2) is 11.3. The van der Waals surface area contributed by atoms with E-state index in [1.807, 2.05) is 24.3 Å². The average molecular weight is 514 g/mol. The number of rotatable bonds is 8. The molecule has 1 amide bonds. The van der Waals surface area contributed by atoms with E-state index < -0.39 is 15.7 Å². The van der Waals surface area contributed by atoms with E-state index in [2.05, 4.69) is 9.88 Å². The molecule has 0 unspecified atom stereocenters. The summed E-state index contributed by atoms with van der Waals surface area (Å²) < 4.78 is 44.7. The molecule has 2 aromatic carbocycles. The van der Waals surface area contributed by atoms with Crippen LogP contribution in [0.4, 0.5) is 9.52 Å². The summed E-state index contributed by atoms with van der Waals surface area (Å²) in [4.78, 5) is 21.6. The van der Waals surface area contributed by atoms with Gasteiger partial charge in [-0.25, -0.2) is 17.8 Å². The van der Waals surface area contributed by atoms with Gasteiger partial charge >= 0.3 is 0 Å². The van der Waals surface area contributed by atoms with Gasteiger partial charge in [0.1, 0.15) is 5.82 Å². The van der Waals surface area contributed by atoms with Gasteiger partial charge in [0, 0.05) is 32.6 Å². The maximum atomic E-state index is 13.2. The SMILES string of the molecule is Cl.O=C(CCS(=O)(=O)c1ccc(F)cc1)N(CCN1CCOCC1)c1nc2ccccc2s1. The lowest BCUT2D eigenvalue weighted by molar-refractivity contribution is -0.118. The van der Waals surface area contributed by atoms with E-state index in [4.69, 9.17) is 4.74 Å². The zero-order valence-corrected chi connectivity index (χ0v) is 20.3. The van der Waals surface area contributed by atoms with E-state index in [1.54, 1.807) is 4.90 Å². The fourth-order valence-electron chi connectivity index (χ4n) is 3.49. The van der Waals surface area contributed by atoms with Gasteiger partial charge in [0.15, 0.2) is 15.0 Å². The summed E-state index contributed by atoms with van der Waals surface area (Å²) in [6, 6.07) is 12.3. The number of carbonyl (C=O) groups is 1. The number of hydrogen-bond donors (Lipinski definition) is 0. The van der Waals surface area contributed by atoms with E-state index in [1.165, 1.54) is 23.5 Å². The van der Waals surface area contributed by atoms with Gasteiger partial charge in [0.2, 0.25) is 5.91 Å². The molecule has 4 rings (SSSR count). The number of ether oxygens (including phenoxy) is 1. The maximum Gasteiger partial charge on any atom is 0.229 e. The largest absolute Gasteiger partial charge is 0.379 e. The van der Waals surface area contributed by atoms with Crippen LogP contribution >= 0.6 is 23.7 Å². The Balaban J connectivity index is 0.00000306. The molecule has 0 aliphatic carbocycles. The highest BCUT2D eigenvalue weighted by atomic mass is 35.5. The van der Waals surface area contributed by atoms with Crippen molar-refractivity contribution >= 4 is 54.8 Å². The number of sulfone groups is 1. The molecule has 2 heterocycles. The van der Waals surface area contributed by atoms with Crippen molar-refractivity contribution in [1.29, 1.82) is 0 Å². The fourth-order valence-corrected chi connectivity index (χ4v) is 5.72. The first-order valence-corrected chi connectivity index (χ1v) is 12.8. The summed E-state index contributed by atoms with van der Waals surface area (Å²) in [7, 11) is -3.71. The minimum atomic E-state index is -3.71. The number of nitrogens with zero attached hydrogens (tertiary/aromatic N) is 3. The first-order valence-electron chi connectivity index (χ1n) is 10.4. The summed E-state index contributed by atoms with van der Waals surface area (Å²) in [6.07, 6.45) is -0.182. The number of thiazole rings is 1. The van der Waals surface area contributed by atoms with Crippen molar-refractivity contribution < 1.29 is 22.3 Å². The van der Waals surface area contributed by atoms with E-state index in [0.29, 0.717) is 31.4 Å². The number of anilines is 1. The average Bonchev–Trinajstić information content (AvgIpc) is 3.23. The van der Waals surface area contributed by atoms with Crippen LogP contribution in [0.1, 0.15) is 6.42 Å². The third kappa shape index (κ3) is 6.48. The molecule has 11 heteroatoms. The highest BCUT2D eigenvalue weighted by molar-refractivity contribution is 7.91. The Bertz CT molecular complexity index is 1150. The Morgan fingerprint density at radius 2 is 1.82 bits per heavy atom. The minimum Gasteiger partial charge on any atom is -0.379 e. The fraction of sp³-hybridized carbons (Fsp3) is 0.364. The number of morpholine rings is 1. The van der Waals surface area contributed by atoms with Crippen LogP contribution in [0.3, 0.4) is 0 Å². The highest BCUT2D eigenvalue weighted by Crippen LogP contribution is 2.29. The van der Waals surface area contributed by atoms with Crippen molar-refractivity contribution in [1.82, 2.24) is 9.88 Å². The number of hydrogen-bond acceptors (Lipinski definition) is 7. The van der Waals surface area contributed by atoms with Gasteiger partial charge in [0.25, 0.3) is 0 Å². The molecule has 0 N–H and O–H groups in total. The second-order valence-corrected chi connectivity index (χ2v) is 10.6. The first kappa shape index (κ1) is 25.5. The number of carbonyl (C=O) groups excluding carboxylic acids is 1. The summed E-state index contributed by atoms with van der Waals surface area (Å²) in [6.45, 7) is 3.96. The Kier molecular flexibility index (Phi) is 8.77. The third-order valence-corrected chi connectivity index (χ3v) is 8.11. The molecule has 1 fully saturated rings. The van der Waals surface area contributed by atoms with Gasteiger partial charge in [0.05, 0.1) is 34.1 Å². The topological polar surface area (TPSA) is 79.8 Å². The van der Waals surface area contributed by atoms with E-state index >= 15 is 0 Å². The van der Waals surface area contributed by atoms with Crippen molar-refractivity contribution in [3.05, 3.63) is 54.3 Å². The third-order valence-electron chi connectivity index (χ3n) is 5.32. The molecule has 3 aromatic rings. The highest BCUT2D eigenvalue weighted by Gasteiger charge is 2.24. The molecule has 1 aliphatic heterocycles. The zero-order chi connectivity index (χ0) is 22.6. The molecule has 0 saturated carbocycles. The van der Waals surface area contributed by atoms with E-state index in [-0.39, 0.29) is 35.4 Å². The predicted molar refractivity (Wildman–Crippen MR) is 130 cm³/mol. The van der Waals surface area contributed by atoms with Gasteiger partial charge in [-0.05, 0) is 36.4 Å². The monoisotopic (exact) mass is 513 g/mol. The molecule has 1 saturated heterocycles. The van der Waals surface area contributed by atoms with Crippen LogP contribution in [-0.2, 0) is 19.4 Å². The number of para-hydroxylation sites is 1. The van der Waals surface area contributed by atoms with Crippen LogP contribution in [0.15, 0.2) is 53.4 Å². The number of aromatic nitrogens is 1. The van der Waals surface area contributed by atoms with Crippen molar-refractivity contribution in [3.8, 4) is 0 Å². The van der Waals surface area contributed by atoms with Crippen LogP contribution in [-0.4, -0.2) is 69.4 Å². The van der Waals surface area contributed by atoms with Crippen molar-refractivity contribution in [2.24, 2.45) is 0 Å². The van der Waals surface area contributed by atoms with Gasteiger partial charge < -0.3 is 4.74 Å². The molecule has 0 spiro atoms. The molecular formula is C22H25ClFN3O4S2. The molecule has 178 valence electrons. The second-order valence-electron chi connectivity index (χ2n) is 7.49. The van der Waals surface area contributed by atoms with Crippen molar-refractivity contribution in [2.45, 2.75) is 11.3 Å². The minimum absolute atomic E-state index is 0. The molecule has 0 radical (unpaired) electrons. The van der Waals surface area contributed by atoms with Gasteiger partial charge in [-0.1, -0.05) is 23.5 Å². The molecule has 1 aliphatic rings. The quantitative estimate of drug-likeness (QED) is 0.430. The lowest BCUT2D eigenvalue weighted by atomic mass is 10.3. The normalized spacial score (nSPS) is 14.7. The van der Waals surface area contributed by atoms with Gasteiger partial charge in [-0.15, -0.1) is 12.4 Å². The molecule has 7 nitrogen and oxygen atoms in total. The number of fused-ring (bicyclic) bond motifs is 1. The lowest BCUT2D eigenvalue weighted by Crippen LogP contribution is -2.43. The standard InChI is InChI=1S/C22H24FN3O4S2.ClH/c23-17-5-7-18(8-6-17)32(28,29)16-9-21(27)26(11-10-25-12-14-30-15-13-25)22-24-19-3-1-2-4-20(19)31-22;/h1-8H,9-16H2;1H. The summed E-state index contributed by atoms with van der Waals surface area (Å²) >= 11 is 1.41. The van der Waals surface area contributed by atoms with Crippen LogP contribution in [0, 0.1) is 5.82 Å². The first-order chi connectivity index (χ1) is 15.4. The molecular weight excluding hydrogens is 489 g/mol. The Morgan fingerprint density at radius 3 is 2.52 bits per heavy atom. The molecule has 0 atom stereocenters. The van der Waals surface area contributed by atoms with E-state index in [9.17, 15) is 17.6 Å². The van der Waals surface area contributed by atoms with Gasteiger partial charge in [-0.3, -0.25) is 14.6 Å². The Morgan fingerprint density at radius 1 is 1.12 bits per heavy atom. The zero-order valence-electron chi connectivity index (χ0n) is 17.9. The van der Waals surface area contributed by atoms with Crippen LogP contribution < -0.4 is 4.90 Å². The van der Waals surface area contributed by atoms with Crippen molar-refractivity contribution in [2.75, 3.05) is 50.0 Å². The van der Waals surface area contributed by atoms with E-state index in [0.717, 1.165) is 35.4 Å². The van der Waals surface area contributed by atoms with Crippen LogP contribution in [0.25, 0.3) is 10.2 Å². The predicted octanol–water partition coefficient (Wildman–Crippen LogP) is 3.39. The number of amides is 1. The van der Waals surface area contributed by atoms with Gasteiger partial charge in [-0.2, -0.15) is 0 Å². The maximum absolute atomic E-state index is 13.2. The van der Waals surface area contributed by atoms with Crippen LogP contribution in [0.5, 0.6) is 0 Å². The number of halogens is 2. The Hall–Kier alpha value is -2.11.